The highest BCUT2D eigenvalue weighted by Crippen LogP contribution is 2.28. The SMILES string of the molecule is COc1ccc(CNC(=O)C(=O)[C@@H]2CCCN2C(=O)CNC(=O)c2ccnc3ccc(OCCC[N+]4(C)CCN(C(=O)c5ccc(B(O)O)cc5)CC4)cc23)cc1OC. The van der Waals surface area contributed by atoms with Gasteiger partial charge in [0.2, 0.25) is 11.7 Å². The number of nitrogens with one attached hydrogen (secondary N) is 2. The number of nitrogens with zero attached hydrogens (tertiary/aromatic N) is 4. The quantitative estimate of drug-likeness (QED) is 0.0544. The third-order valence-corrected chi connectivity index (χ3v) is 11.0. The Labute approximate surface area is 342 Å². The van der Waals surface area contributed by atoms with Crippen LogP contribution in [0.1, 0.15) is 45.5 Å². The molecular weight excluding hydrogens is 759 g/mol. The molecule has 0 saturated carbocycles. The fourth-order valence-electron chi connectivity index (χ4n) is 7.51. The number of benzene rings is 3. The average Bonchev–Trinajstić information content (AvgIpc) is 3.76. The Morgan fingerprint density at radius 1 is 0.898 bits per heavy atom. The number of ketones is 1. The number of ether oxygens (including phenoxy) is 3. The van der Waals surface area contributed by atoms with Crippen LogP contribution in [0.25, 0.3) is 10.9 Å². The van der Waals surface area contributed by atoms with Crippen LogP contribution < -0.4 is 30.3 Å². The molecule has 2 fully saturated rings. The molecule has 16 nitrogen and oxygen atoms in total. The van der Waals surface area contributed by atoms with Gasteiger partial charge in [0.05, 0.1) is 78.2 Å². The van der Waals surface area contributed by atoms with Crippen molar-refractivity contribution in [3.05, 3.63) is 89.6 Å². The lowest BCUT2D eigenvalue weighted by Crippen LogP contribution is -2.58. The van der Waals surface area contributed by atoms with E-state index < -0.39 is 36.7 Å². The zero-order valence-corrected chi connectivity index (χ0v) is 33.5. The largest absolute Gasteiger partial charge is 0.493 e. The molecule has 310 valence electrons. The number of carbonyl (C=O) groups is 5. The van der Waals surface area contributed by atoms with E-state index in [1.165, 1.54) is 25.3 Å². The summed E-state index contributed by atoms with van der Waals surface area (Å²) in [5, 5.41) is 24.5. The van der Waals surface area contributed by atoms with Crippen molar-refractivity contribution < 1.29 is 52.7 Å². The molecule has 4 N–H and O–H groups in total. The van der Waals surface area contributed by atoms with Crippen molar-refractivity contribution in [1.82, 2.24) is 25.4 Å². The van der Waals surface area contributed by atoms with Crippen LogP contribution >= 0.6 is 0 Å². The molecule has 4 aromatic rings. The number of piperazine rings is 1. The predicted molar refractivity (Wildman–Crippen MR) is 218 cm³/mol. The molecule has 2 aliphatic heterocycles. The number of amides is 4. The van der Waals surface area contributed by atoms with Gasteiger partial charge in [-0.2, -0.15) is 0 Å². The Kier molecular flexibility index (Phi) is 13.8. The molecule has 59 heavy (non-hydrogen) atoms. The number of methoxy groups -OCH3 is 2. The number of rotatable bonds is 16. The molecule has 1 atom stereocenters. The summed E-state index contributed by atoms with van der Waals surface area (Å²) >= 11 is 0. The maximum Gasteiger partial charge on any atom is 0.488 e. The first-order chi connectivity index (χ1) is 28.4. The lowest BCUT2D eigenvalue weighted by atomic mass is 9.80. The van der Waals surface area contributed by atoms with Gasteiger partial charge in [0.15, 0.2) is 11.5 Å². The van der Waals surface area contributed by atoms with Crippen LogP contribution in [-0.2, 0) is 20.9 Å². The second kappa shape index (κ2) is 19.1. The molecule has 0 bridgehead atoms. The number of hydrogen-bond donors (Lipinski definition) is 4. The summed E-state index contributed by atoms with van der Waals surface area (Å²) in [7, 11) is 3.61. The lowest BCUT2D eigenvalue weighted by molar-refractivity contribution is -0.913. The fraction of sp³-hybridized carbons (Fsp3) is 0.381. The summed E-state index contributed by atoms with van der Waals surface area (Å²) in [5.41, 5.74) is 2.43. The third-order valence-electron chi connectivity index (χ3n) is 11.0. The summed E-state index contributed by atoms with van der Waals surface area (Å²) in [6.45, 7) is 4.06. The highest BCUT2D eigenvalue weighted by atomic mass is 16.5. The van der Waals surface area contributed by atoms with Gasteiger partial charge in [0.1, 0.15) is 11.8 Å². The van der Waals surface area contributed by atoms with Crippen LogP contribution in [0.15, 0.2) is 72.9 Å². The van der Waals surface area contributed by atoms with Crippen LogP contribution in [0.2, 0.25) is 0 Å². The molecule has 2 aliphatic rings. The van der Waals surface area contributed by atoms with E-state index >= 15 is 0 Å². The van der Waals surface area contributed by atoms with Crippen LogP contribution in [0.3, 0.4) is 0 Å². The fourth-order valence-corrected chi connectivity index (χ4v) is 7.51. The van der Waals surface area contributed by atoms with Gasteiger partial charge >= 0.3 is 7.12 Å². The third kappa shape index (κ3) is 10.3. The monoisotopic (exact) mass is 809 g/mol. The van der Waals surface area contributed by atoms with Crippen LogP contribution in [0, 0.1) is 0 Å². The second-order valence-corrected chi connectivity index (χ2v) is 15.0. The van der Waals surface area contributed by atoms with Crippen molar-refractivity contribution in [1.29, 1.82) is 0 Å². The Balaban J connectivity index is 0.968. The molecule has 0 radical (unpaired) electrons. The first kappa shape index (κ1) is 42.6. The van der Waals surface area contributed by atoms with E-state index in [0.29, 0.717) is 82.8 Å². The summed E-state index contributed by atoms with van der Waals surface area (Å²) in [4.78, 5) is 73.3. The van der Waals surface area contributed by atoms with Crippen molar-refractivity contribution >= 4 is 52.9 Å². The molecule has 17 heteroatoms. The van der Waals surface area contributed by atoms with Gasteiger partial charge in [0, 0.05) is 36.7 Å². The van der Waals surface area contributed by atoms with E-state index in [1.54, 1.807) is 66.7 Å². The van der Waals surface area contributed by atoms with E-state index in [4.69, 9.17) is 14.2 Å². The Morgan fingerprint density at radius 3 is 2.36 bits per heavy atom. The summed E-state index contributed by atoms with van der Waals surface area (Å²) in [6, 6.07) is 17.4. The van der Waals surface area contributed by atoms with Crippen LogP contribution in [-0.4, -0.2) is 146 Å². The maximum atomic E-state index is 13.4. The summed E-state index contributed by atoms with van der Waals surface area (Å²) in [5.74, 6) is -0.970. The summed E-state index contributed by atoms with van der Waals surface area (Å²) in [6.07, 6.45) is 3.17. The van der Waals surface area contributed by atoms with Gasteiger partial charge in [0.25, 0.3) is 17.7 Å². The van der Waals surface area contributed by atoms with Crippen molar-refractivity contribution in [2.45, 2.75) is 31.8 Å². The van der Waals surface area contributed by atoms with Crippen LogP contribution in [0.5, 0.6) is 17.2 Å². The first-order valence-corrected chi connectivity index (χ1v) is 19.6. The minimum Gasteiger partial charge on any atom is -0.493 e. The Bertz CT molecular complexity index is 2180. The molecule has 3 heterocycles. The number of Topliss-reactive ketones (excluding diaryl/α,β-unsaturated/α-hetero) is 1. The first-order valence-electron chi connectivity index (χ1n) is 19.6. The van der Waals surface area contributed by atoms with E-state index in [9.17, 15) is 34.0 Å². The predicted octanol–water partition coefficient (Wildman–Crippen LogP) is 0.910. The number of pyridine rings is 1. The molecule has 0 spiro atoms. The number of quaternary nitrogens is 1. The number of carbonyl (C=O) groups excluding carboxylic acids is 5. The average molecular weight is 810 g/mol. The topological polar surface area (TPSA) is 197 Å². The highest BCUT2D eigenvalue weighted by Gasteiger charge is 2.37. The molecule has 6 rings (SSSR count). The normalized spacial score (nSPS) is 16.0. The number of likely N-dealkylation sites (N-methyl/N-ethyl adjacent to an activating group) is 1. The van der Waals surface area contributed by atoms with E-state index in [0.717, 1.165) is 30.5 Å². The second-order valence-electron chi connectivity index (χ2n) is 15.0. The van der Waals surface area contributed by atoms with Gasteiger partial charge in [-0.25, -0.2) is 0 Å². The molecule has 1 aromatic heterocycles. The minimum atomic E-state index is -1.58. The highest BCUT2D eigenvalue weighted by molar-refractivity contribution is 6.58. The van der Waals surface area contributed by atoms with Gasteiger partial charge in [-0.1, -0.05) is 18.2 Å². The van der Waals surface area contributed by atoms with Crippen molar-refractivity contribution in [2.24, 2.45) is 0 Å². The van der Waals surface area contributed by atoms with E-state index in [2.05, 4.69) is 22.7 Å². The summed E-state index contributed by atoms with van der Waals surface area (Å²) < 4.78 is 17.4. The number of hydrogen-bond acceptors (Lipinski definition) is 11. The van der Waals surface area contributed by atoms with Gasteiger partial charge in [-0.3, -0.25) is 29.0 Å². The van der Waals surface area contributed by atoms with Crippen molar-refractivity contribution in [3.63, 3.8) is 0 Å². The number of fused-ring (bicyclic) bond motifs is 1. The Hall–Kier alpha value is -6.04. The van der Waals surface area contributed by atoms with E-state index in [-0.39, 0.29) is 25.5 Å². The van der Waals surface area contributed by atoms with Gasteiger partial charge in [-0.05, 0) is 72.4 Å². The molecule has 2 saturated heterocycles. The molecule has 0 unspecified atom stereocenters. The molecule has 3 aromatic carbocycles. The smallest absolute Gasteiger partial charge is 0.488 e. The van der Waals surface area contributed by atoms with Crippen molar-refractivity contribution in [2.75, 3.05) is 73.7 Å². The Morgan fingerprint density at radius 2 is 1.64 bits per heavy atom. The molecule has 0 aliphatic carbocycles. The molecular formula is C42H50BN6O10+. The maximum absolute atomic E-state index is 13.4. The van der Waals surface area contributed by atoms with Gasteiger partial charge in [-0.15, -0.1) is 0 Å². The van der Waals surface area contributed by atoms with Crippen LogP contribution in [0.4, 0.5) is 0 Å². The van der Waals surface area contributed by atoms with Crippen molar-refractivity contribution in [3.8, 4) is 17.2 Å². The van der Waals surface area contributed by atoms with Gasteiger partial charge < -0.3 is 49.2 Å². The minimum absolute atomic E-state index is 0.0792. The van der Waals surface area contributed by atoms with E-state index in [1.807, 2.05) is 4.90 Å². The zero-order chi connectivity index (χ0) is 42.1. The number of likely N-dealkylation sites (tertiary alicyclic amines) is 1. The standard InChI is InChI=1S/C42H49BN6O10/c1-49(21-18-47(19-22-49)42(54)29-8-10-30(11-9-29)43(55)56)20-5-23-59-31-12-13-34-33(25-31)32(15-16-44-34)40(52)46-27-38(50)48-17-4-6-35(48)39(51)41(53)45-26-28-7-14-36(57-2)37(24-28)58-3/h7-16,24-25,35,55-56H,4-6,17-23,26-27H2,1-3H3,(H-,45,46,52,53)/p+1/t35-/m0/s1. The molecule has 4 amide bonds. The lowest BCUT2D eigenvalue weighted by Gasteiger charge is -2.42. The zero-order valence-electron chi connectivity index (χ0n) is 33.5. The number of aromatic nitrogens is 1.